The molecule has 0 aromatic rings. The van der Waals surface area contributed by atoms with Gasteiger partial charge in [-0.05, 0) is 135 Å². The lowest BCUT2D eigenvalue weighted by molar-refractivity contribution is -0.161. The van der Waals surface area contributed by atoms with Gasteiger partial charge in [0.05, 0.1) is 26.4 Å². The first kappa shape index (κ1) is 99.2. The standard InChI is InChI=1S/C85H144O17P2/c1-5-9-13-17-21-25-29-32-35-37-39-41-44-46-50-53-57-61-65-69-82(87)95-75-80(101-84(89)71-67-63-59-55-49-28-24-20-16-12-8-4)77-99-103(91,92)97-73-79(86)74-98-104(93,94)100-78-81(102-85(90)72-68-64-60-56-52-48-43-34-31-27-23-19-15-11-7-3)76-96-83(88)70-66-62-58-54-51-47-45-42-40-38-36-33-30-26-22-18-14-10-6-2/h9,13,21-23,25-27,32-36,39-43,46,50,57,61,79-81,86H,5-8,10-12,14-20,24,28-31,37-38,44-45,47-49,51-56,58-60,62-78H2,1-4H3,(H,91,92)(H,93,94)/b13-9-,25-21-,26-22-,27-23-,35-32-,36-33-,41-39-,42-40-,43-34-,50-46-,61-57-. The van der Waals surface area contributed by atoms with Gasteiger partial charge in [0.1, 0.15) is 19.3 Å². The fraction of sp³-hybridized carbons (Fsp3) is 0.694. The zero-order valence-corrected chi connectivity index (χ0v) is 66.9. The van der Waals surface area contributed by atoms with Gasteiger partial charge in [-0.1, -0.05) is 296 Å². The lowest BCUT2D eigenvalue weighted by Crippen LogP contribution is -2.30. The van der Waals surface area contributed by atoms with Gasteiger partial charge in [-0.25, -0.2) is 9.13 Å². The molecule has 0 aliphatic carbocycles. The van der Waals surface area contributed by atoms with Crippen LogP contribution in [0.2, 0.25) is 0 Å². The molecular formula is C85H144O17P2. The summed E-state index contributed by atoms with van der Waals surface area (Å²) >= 11 is 0. The zero-order chi connectivity index (χ0) is 76.0. The zero-order valence-electron chi connectivity index (χ0n) is 65.2. The largest absolute Gasteiger partial charge is 0.472 e. The van der Waals surface area contributed by atoms with Crippen LogP contribution in [0.15, 0.2) is 134 Å². The van der Waals surface area contributed by atoms with Crippen molar-refractivity contribution < 1.29 is 80.2 Å². The number of allylic oxidation sites excluding steroid dienone is 22. The number of phosphoric ester groups is 2. The molecule has 5 unspecified atom stereocenters. The van der Waals surface area contributed by atoms with Crippen molar-refractivity contribution in [3.63, 3.8) is 0 Å². The van der Waals surface area contributed by atoms with Gasteiger partial charge >= 0.3 is 39.5 Å². The van der Waals surface area contributed by atoms with E-state index in [1.165, 1.54) is 77.0 Å². The van der Waals surface area contributed by atoms with Crippen molar-refractivity contribution in [3.8, 4) is 0 Å². The highest BCUT2D eigenvalue weighted by Crippen LogP contribution is 2.45. The third kappa shape index (κ3) is 75.4. The Balaban J connectivity index is 5.40. The Hall–Kier alpha value is -4.80. The fourth-order valence-corrected chi connectivity index (χ4v) is 12.0. The summed E-state index contributed by atoms with van der Waals surface area (Å²) < 4.78 is 68.5. The molecule has 0 rings (SSSR count). The van der Waals surface area contributed by atoms with Crippen molar-refractivity contribution in [1.82, 2.24) is 0 Å². The summed E-state index contributed by atoms with van der Waals surface area (Å²) in [6, 6.07) is 0. The van der Waals surface area contributed by atoms with Crippen LogP contribution in [-0.2, 0) is 65.4 Å². The van der Waals surface area contributed by atoms with E-state index in [-0.39, 0.29) is 25.7 Å². The van der Waals surface area contributed by atoms with Gasteiger partial charge in [0, 0.05) is 25.7 Å². The van der Waals surface area contributed by atoms with Crippen molar-refractivity contribution >= 4 is 39.5 Å². The highest BCUT2D eigenvalue weighted by atomic mass is 31.2. The number of phosphoric acid groups is 2. The Morgan fingerprint density at radius 3 is 0.846 bits per heavy atom. The van der Waals surface area contributed by atoms with E-state index in [1.54, 1.807) is 0 Å². The molecule has 0 bridgehead atoms. The summed E-state index contributed by atoms with van der Waals surface area (Å²) in [6.07, 6.45) is 85.9. The SMILES string of the molecule is CC/C=C\C/C=C\C/C=C\C/C=C\C/C=C\C/C=C\CCC(=O)OCC(COP(=O)(O)OCC(O)COP(=O)(O)OCC(COC(=O)CCCCCCCC/C=C\C/C=C\C/C=C\CCCCC)OC(=O)CCCCCCC/C=C\C/C=C\CCCCC)OC(=O)CCCCCCCCCCCCC. The van der Waals surface area contributed by atoms with Crippen LogP contribution in [0.25, 0.3) is 0 Å². The number of carbonyl (C=O) groups is 4. The van der Waals surface area contributed by atoms with Gasteiger partial charge in [0.15, 0.2) is 12.2 Å². The molecule has 19 heteroatoms. The molecule has 17 nitrogen and oxygen atoms in total. The number of aliphatic hydroxyl groups is 1. The number of hydrogen-bond acceptors (Lipinski definition) is 15. The van der Waals surface area contributed by atoms with E-state index in [0.717, 1.165) is 161 Å². The second-order valence-electron chi connectivity index (χ2n) is 26.6. The maximum atomic E-state index is 13.1. The van der Waals surface area contributed by atoms with Crippen LogP contribution in [-0.4, -0.2) is 96.7 Å². The normalized spacial score (nSPS) is 14.6. The van der Waals surface area contributed by atoms with Crippen molar-refractivity contribution in [2.45, 2.75) is 341 Å². The van der Waals surface area contributed by atoms with Gasteiger partial charge in [-0.2, -0.15) is 0 Å². The number of esters is 4. The molecule has 0 aliphatic rings. The van der Waals surface area contributed by atoms with Gasteiger partial charge in [0.25, 0.3) is 0 Å². The quantitative estimate of drug-likeness (QED) is 0.0169. The Morgan fingerprint density at radius 2 is 0.519 bits per heavy atom. The topological polar surface area (TPSA) is 237 Å². The van der Waals surface area contributed by atoms with Gasteiger partial charge in [-0.15, -0.1) is 0 Å². The second-order valence-corrected chi connectivity index (χ2v) is 29.5. The number of aliphatic hydroxyl groups excluding tert-OH is 1. The smallest absolute Gasteiger partial charge is 0.462 e. The molecule has 0 saturated carbocycles. The van der Waals surface area contributed by atoms with Gasteiger partial charge in [-0.3, -0.25) is 37.3 Å². The summed E-state index contributed by atoms with van der Waals surface area (Å²) in [6.45, 7) is 4.60. The molecule has 0 heterocycles. The molecule has 0 spiro atoms. The predicted molar refractivity (Wildman–Crippen MR) is 427 cm³/mol. The van der Waals surface area contributed by atoms with Crippen molar-refractivity contribution in [2.75, 3.05) is 39.6 Å². The third-order valence-corrected chi connectivity index (χ3v) is 18.5. The molecule has 0 amide bonds. The van der Waals surface area contributed by atoms with E-state index in [4.69, 9.17) is 37.0 Å². The molecule has 0 saturated heterocycles. The van der Waals surface area contributed by atoms with E-state index >= 15 is 0 Å². The molecule has 0 radical (unpaired) electrons. The monoisotopic (exact) mass is 1500 g/mol. The van der Waals surface area contributed by atoms with Crippen molar-refractivity contribution in [3.05, 3.63) is 134 Å². The van der Waals surface area contributed by atoms with Gasteiger partial charge < -0.3 is 33.8 Å². The van der Waals surface area contributed by atoms with Gasteiger partial charge in [0.2, 0.25) is 0 Å². The molecule has 0 aromatic heterocycles. The highest BCUT2D eigenvalue weighted by Gasteiger charge is 2.30. The number of ether oxygens (including phenoxy) is 4. The van der Waals surface area contributed by atoms with Crippen LogP contribution in [0.3, 0.4) is 0 Å². The highest BCUT2D eigenvalue weighted by molar-refractivity contribution is 7.47. The fourth-order valence-electron chi connectivity index (χ4n) is 10.5. The summed E-state index contributed by atoms with van der Waals surface area (Å²) in [5.74, 6) is -2.30. The average Bonchev–Trinajstić information content (AvgIpc) is 0.931. The molecule has 0 aromatic carbocycles. The number of rotatable bonds is 75. The Labute approximate surface area is 631 Å². The maximum absolute atomic E-state index is 13.1. The van der Waals surface area contributed by atoms with Crippen LogP contribution < -0.4 is 0 Å². The minimum Gasteiger partial charge on any atom is -0.462 e. The number of unbranched alkanes of at least 4 members (excludes halogenated alkanes) is 27. The first-order valence-electron chi connectivity index (χ1n) is 40.4. The first-order chi connectivity index (χ1) is 50.7. The third-order valence-electron chi connectivity index (χ3n) is 16.6. The second kappa shape index (κ2) is 76.4. The summed E-state index contributed by atoms with van der Waals surface area (Å²) in [4.78, 5) is 73.0. The van der Waals surface area contributed by atoms with E-state index in [2.05, 4.69) is 143 Å². The molecular weight excluding hydrogens is 1350 g/mol. The average molecular weight is 1500 g/mol. The summed E-state index contributed by atoms with van der Waals surface area (Å²) in [7, 11) is -9.98. The Morgan fingerprint density at radius 1 is 0.279 bits per heavy atom. The predicted octanol–water partition coefficient (Wildman–Crippen LogP) is 23.7. The van der Waals surface area contributed by atoms with Crippen LogP contribution >= 0.6 is 15.6 Å². The molecule has 3 N–H and O–H groups in total. The van der Waals surface area contributed by atoms with Crippen LogP contribution in [0.4, 0.5) is 0 Å². The van der Waals surface area contributed by atoms with Crippen molar-refractivity contribution in [2.24, 2.45) is 0 Å². The molecule has 5 atom stereocenters. The maximum Gasteiger partial charge on any atom is 0.472 e. The van der Waals surface area contributed by atoms with E-state index in [9.17, 15) is 43.2 Å². The van der Waals surface area contributed by atoms with E-state index in [1.807, 2.05) is 18.2 Å². The lowest BCUT2D eigenvalue weighted by Gasteiger charge is -2.21. The summed E-state index contributed by atoms with van der Waals surface area (Å²) in [5.41, 5.74) is 0. The van der Waals surface area contributed by atoms with Crippen molar-refractivity contribution in [1.29, 1.82) is 0 Å². The molecule has 104 heavy (non-hydrogen) atoms. The minimum absolute atomic E-state index is 0.0350. The Kier molecular flexibility index (Phi) is 72.9. The lowest BCUT2D eigenvalue weighted by atomic mass is 10.1. The first-order valence-corrected chi connectivity index (χ1v) is 43.4. The Bertz CT molecular complexity index is 2490. The summed E-state index contributed by atoms with van der Waals surface area (Å²) in [5, 5.41) is 10.6. The minimum atomic E-state index is -4.99. The van der Waals surface area contributed by atoms with E-state index < -0.39 is 97.5 Å². The van der Waals surface area contributed by atoms with Crippen LogP contribution in [0.1, 0.15) is 323 Å². The van der Waals surface area contributed by atoms with E-state index in [0.29, 0.717) is 32.1 Å². The molecule has 0 aliphatic heterocycles. The molecule has 0 fully saturated rings. The molecule has 596 valence electrons. The van der Waals surface area contributed by atoms with Crippen LogP contribution in [0.5, 0.6) is 0 Å². The number of hydrogen-bond donors (Lipinski definition) is 3. The van der Waals surface area contributed by atoms with Crippen LogP contribution in [0, 0.1) is 0 Å². The number of carbonyl (C=O) groups excluding carboxylic acids is 4.